The summed E-state index contributed by atoms with van der Waals surface area (Å²) in [6, 6.07) is 7.21. The minimum atomic E-state index is -4.16. The van der Waals surface area contributed by atoms with Gasteiger partial charge in [-0.05, 0) is 23.8 Å². The van der Waals surface area contributed by atoms with Crippen LogP contribution in [0.4, 0.5) is 5.00 Å². The molecule has 0 fully saturated rings. The van der Waals surface area contributed by atoms with E-state index in [1.807, 2.05) is 12.1 Å². The maximum atomic E-state index is 14.1. The molecule has 176 valence electrons. The molecule has 0 saturated heterocycles. The van der Waals surface area contributed by atoms with Crippen molar-refractivity contribution < 1.29 is 23.1 Å². The maximum Gasteiger partial charge on any atom is 0.287 e. The minimum absolute atomic E-state index is 0.0851. The van der Waals surface area contributed by atoms with Gasteiger partial charge in [0.25, 0.3) is 10.0 Å². The minimum Gasteiger partial charge on any atom is -0.392 e. The van der Waals surface area contributed by atoms with Crippen LogP contribution in [0.1, 0.15) is 73.9 Å². The number of nitrogens with zero attached hydrogens (tertiary/aromatic N) is 1. The van der Waals surface area contributed by atoms with Gasteiger partial charge in [0.15, 0.2) is 11.6 Å². The molecule has 0 spiro atoms. The molecule has 1 aromatic carbocycles. The van der Waals surface area contributed by atoms with Gasteiger partial charge in [0.1, 0.15) is 21.7 Å². The van der Waals surface area contributed by atoms with Crippen LogP contribution in [0.2, 0.25) is 0 Å². The van der Waals surface area contributed by atoms with Gasteiger partial charge < -0.3 is 10.4 Å². The molecule has 2 heterocycles. The topological polar surface area (TPSA) is 113 Å². The van der Waals surface area contributed by atoms with Gasteiger partial charge in [0.05, 0.1) is 12.0 Å². The number of carbonyl (C=O) groups is 2. The van der Waals surface area contributed by atoms with E-state index in [9.17, 15) is 23.1 Å². The molecule has 0 amide bonds. The first-order chi connectivity index (χ1) is 15.8. The van der Waals surface area contributed by atoms with E-state index in [0.717, 1.165) is 42.6 Å². The molecule has 1 atom stereocenters. The molecule has 1 aliphatic heterocycles. The first kappa shape index (κ1) is 23.8. The number of benzene rings is 1. The Labute approximate surface area is 198 Å². The number of Topliss-reactive ketones (excluding diaryl/α,β-unsaturated/α-hetero) is 2. The van der Waals surface area contributed by atoms with E-state index in [-0.39, 0.29) is 27.1 Å². The number of ketones is 2. The maximum absolute atomic E-state index is 14.1. The first-order valence-electron chi connectivity index (χ1n) is 11.3. The molecule has 0 saturated carbocycles. The van der Waals surface area contributed by atoms with Gasteiger partial charge in [-0.15, -0.1) is 15.7 Å². The highest BCUT2D eigenvalue weighted by Crippen LogP contribution is 2.46. The molecule has 1 aromatic heterocycles. The number of thiophene rings is 1. The number of anilines is 1. The molecule has 2 aromatic rings. The normalized spacial score (nSPS) is 20.6. The molecule has 1 aliphatic carbocycles. The molecular formula is C24H28N2O5S2. The lowest BCUT2D eigenvalue weighted by atomic mass is 9.60. The number of aliphatic hydroxyl groups is 1. The van der Waals surface area contributed by atoms with Gasteiger partial charge in [-0.2, -0.15) is 8.42 Å². The summed E-state index contributed by atoms with van der Waals surface area (Å²) in [4.78, 5) is 27.6. The predicted octanol–water partition coefficient (Wildman–Crippen LogP) is 4.45. The Bertz CT molecular complexity index is 1220. The molecule has 9 heteroatoms. The van der Waals surface area contributed by atoms with Crippen LogP contribution in [0.25, 0.3) is 0 Å². The molecule has 33 heavy (non-hydrogen) atoms. The first-order valence-corrected chi connectivity index (χ1v) is 13.6. The van der Waals surface area contributed by atoms with Gasteiger partial charge in [-0.3, -0.25) is 9.59 Å². The third-order valence-electron chi connectivity index (χ3n) is 6.60. The van der Waals surface area contributed by atoms with Crippen molar-refractivity contribution in [1.29, 1.82) is 0 Å². The number of unbranched alkanes of at least 4 members (excludes halogenated alkanes) is 2. The zero-order valence-corrected chi connectivity index (χ0v) is 20.4. The molecule has 2 N–H and O–H groups in total. The van der Waals surface area contributed by atoms with Crippen molar-refractivity contribution in [1.82, 2.24) is 0 Å². The van der Waals surface area contributed by atoms with Crippen LogP contribution < -0.4 is 5.32 Å². The zero-order chi connectivity index (χ0) is 23.8. The summed E-state index contributed by atoms with van der Waals surface area (Å²) < 4.78 is 29.8. The summed E-state index contributed by atoms with van der Waals surface area (Å²) in [5.74, 6) is -2.16. The van der Waals surface area contributed by atoms with Crippen LogP contribution in [0.3, 0.4) is 0 Å². The van der Waals surface area contributed by atoms with Crippen molar-refractivity contribution in [3.8, 4) is 0 Å². The zero-order valence-electron chi connectivity index (χ0n) is 18.8. The quantitative estimate of drug-likeness (QED) is 0.531. The second-order valence-corrected chi connectivity index (χ2v) is 11.1. The van der Waals surface area contributed by atoms with Crippen molar-refractivity contribution in [3.05, 3.63) is 46.3 Å². The lowest BCUT2D eigenvalue weighted by Crippen LogP contribution is -2.52. The average Bonchev–Trinajstić information content (AvgIpc) is 3.23. The molecule has 0 radical (unpaired) electrons. The Hall–Kier alpha value is -2.36. The highest BCUT2D eigenvalue weighted by Gasteiger charge is 2.53. The van der Waals surface area contributed by atoms with E-state index >= 15 is 0 Å². The predicted molar refractivity (Wildman–Crippen MR) is 128 cm³/mol. The van der Waals surface area contributed by atoms with Crippen LogP contribution in [-0.2, 0) is 26.8 Å². The van der Waals surface area contributed by atoms with Crippen LogP contribution in [-0.4, -0.2) is 30.9 Å². The number of sulfonamides is 1. The fourth-order valence-corrected chi connectivity index (χ4v) is 7.58. The average molecular weight is 489 g/mol. The number of carbonyl (C=O) groups excluding carboxylic acids is 2. The standard InChI is InChI=1S/C24H28N2O5S2/c1-3-5-11-24(12-6-4-2)17-10-8-7-9-16(17)19(28)18(21(24)29)22-25-23-20(33(30,31)26-22)15(13-27)14-32-23/h7-10,14,18,27H,3-6,11-13H2,1-2H3,(H,25,26). The highest BCUT2D eigenvalue weighted by atomic mass is 32.2. The fraction of sp³-hybridized carbons (Fsp3) is 0.458. The van der Waals surface area contributed by atoms with E-state index < -0.39 is 33.7 Å². The van der Waals surface area contributed by atoms with Gasteiger partial charge in [-0.1, -0.05) is 63.8 Å². The van der Waals surface area contributed by atoms with Crippen LogP contribution in [0, 0.1) is 5.92 Å². The van der Waals surface area contributed by atoms with Crippen molar-refractivity contribution in [3.63, 3.8) is 0 Å². The van der Waals surface area contributed by atoms with E-state index in [0.29, 0.717) is 18.4 Å². The van der Waals surface area contributed by atoms with Crippen molar-refractivity contribution in [2.45, 2.75) is 69.3 Å². The van der Waals surface area contributed by atoms with Gasteiger partial charge in [-0.25, -0.2) is 0 Å². The number of rotatable bonds is 8. The Kier molecular flexibility index (Phi) is 6.57. The lowest BCUT2D eigenvalue weighted by Gasteiger charge is -2.41. The van der Waals surface area contributed by atoms with Crippen LogP contribution >= 0.6 is 11.3 Å². The second-order valence-electron chi connectivity index (χ2n) is 8.65. The van der Waals surface area contributed by atoms with Gasteiger partial charge in [0, 0.05) is 11.1 Å². The summed E-state index contributed by atoms with van der Waals surface area (Å²) in [5, 5.41) is 14.3. The SMILES string of the molecule is CCCCC1(CCCC)C(=O)C(C2=NS(=O)(=O)c3c(CO)csc3N2)C(=O)c2ccccc21. The molecular weight excluding hydrogens is 460 g/mol. The van der Waals surface area contributed by atoms with Crippen LogP contribution in [0.5, 0.6) is 0 Å². The fourth-order valence-electron chi connectivity index (χ4n) is 4.95. The van der Waals surface area contributed by atoms with Crippen molar-refractivity contribution in [2.75, 3.05) is 5.32 Å². The van der Waals surface area contributed by atoms with E-state index in [2.05, 4.69) is 23.6 Å². The number of hydrogen-bond acceptors (Lipinski definition) is 7. The van der Waals surface area contributed by atoms with E-state index in [1.54, 1.807) is 17.5 Å². The summed E-state index contributed by atoms with van der Waals surface area (Å²) in [6.45, 7) is 3.68. The molecule has 1 unspecified atom stereocenters. The third kappa shape index (κ3) is 3.86. The van der Waals surface area contributed by atoms with E-state index in [1.165, 1.54) is 0 Å². The van der Waals surface area contributed by atoms with Gasteiger partial charge in [0.2, 0.25) is 0 Å². The summed E-state index contributed by atoms with van der Waals surface area (Å²) in [7, 11) is -4.16. The van der Waals surface area contributed by atoms with Crippen LogP contribution in [0.15, 0.2) is 38.9 Å². The third-order valence-corrected chi connectivity index (χ3v) is 9.09. The molecule has 2 aliphatic rings. The Morgan fingerprint density at radius 3 is 2.42 bits per heavy atom. The Balaban J connectivity index is 1.87. The number of nitrogens with one attached hydrogen (secondary N) is 1. The molecule has 4 rings (SSSR count). The Morgan fingerprint density at radius 2 is 1.79 bits per heavy atom. The number of aliphatic hydroxyl groups excluding tert-OH is 1. The van der Waals surface area contributed by atoms with Gasteiger partial charge >= 0.3 is 0 Å². The Morgan fingerprint density at radius 1 is 1.12 bits per heavy atom. The molecule has 0 bridgehead atoms. The lowest BCUT2D eigenvalue weighted by molar-refractivity contribution is -0.126. The summed E-state index contributed by atoms with van der Waals surface area (Å²) in [6.07, 6.45) is 4.63. The summed E-state index contributed by atoms with van der Waals surface area (Å²) in [5.41, 5.74) is 0.597. The largest absolute Gasteiger partial charge is 0.392 e. The highest BCUT2D eigenvalue weighted by molar-refractivity contribution is 7.90. The molecule has 7 nitrogen and oxygen atoms in total. The van der Waals surface area contributed by atoms with E-state index in [4.69, 9.17) is 0 Å². The second kappa shape index (κ2) is 9.12. The monoisotopic (exact) mass is 488 g/mol. The van der Waals surface area contributed by atoms with Crippen molar-refractivity contribution >= 4 is 43.8 Å². The smallest absolute Gasteiger partial charge is 0.287 e. The summed E-state index contributed by atoms with van der Waals surface area (Å²) >= 11 is 1.11. The van der Waals surface area contributed by atoms with Crippen molar-refractivity contribution in [2.24, 2.45) is 10.3 Å². The number of fused-ring (bicyclic) bond motifs is 2. The number of amidine groups is 1. The number of hydrogen-bond donors (Lipinski definition) is 2.